The van der Waals surface area contributed by atoms with E-state index in [1.807, 2.05) is 125 Å². The fraction of sp³-hybridized carbons (Fsp3) is 0.180. The summed E-state index contributed by atoms with van der Waals surface area (Å²) in [7, 11) is -2.22. The van der Waals surface area contributed by atoms with Gasteiger partial charge in [-0.3, -0.25) is 4.98 Å². The van der Waals surface area contributed by atoms with Gasteiger partial charge >= 0.3 is 0 Å². The molecule has 4 aromatic heterocycles. The Bertz CT molecular complexity index is 3120. The van der Waals surface area contributed by atoms with E-state index in [-0.39, 0.29) is 42.8 Å². The van der Waals surface area contributed by atoms with Crippen molar-refractivity contribution in [2.45, 2.75) is 53.6 Å². The zero-order chi connectivity index (χ0) is 45.1. The second-order valence-electron chi connectivity index (χ2n) is 16.1. The Morgan fingerprint density at radius 3 is 2.19 bits per heavy atom. The van der Waals surface area contributed by atoms with Crippen molar-refractivity contribution in [3.05, 3.63) is 162 Å². The molecule has 0 saturated heterocycles. The van der Waals surface area contributed by atoms with E-state index in [0.29, 0.717) is 39.0 Å². The molecule has 299 valence electrons. The molecule has 0 saturated carbocycles. The van der Waals surface area contributed by atoms with Gasteiger partial charge in [-0.05, 0) is 78.1 Å². The van der Waals surface area contributed by atoms with Gasteiger partial charge in [-0.15, -0.1) is 54.1 Å². The Kier molecular flexibility index (Phi) is 9.93. The van der Waals surface area contributed by atoms with Gasteiger partial charge in [0.15, 0.2) is 0 Å². The van der Waals surface area contributed by atoms with Crippen LogP contribution in [0.1, 0.15) is 38.9 Å². The Labute approximate surface area is 365 Å². The summed E-state index contributed by atoms with van der Waals surface area (Å²) in [5.41, 5.74) is 5.13. The molecule has 9 aromatic rings. The van der Waals surface area contributed by atoms with Gasteiger partial charge in [0.25, 0.3) is 0 Å². The molecule has 0 N–H and O–H groups in total. The van der Waals surface area contributed by atoms with Gasteiger partial charge in [-0.1, -0.05) is 99.4 Å². The SMILES string of the molecule is Fc1cccc(F)c1-c1ccc2c(n1)oc1c(-c3nc4ccccc4n3-c3ccccc3)[c-]ccc12.[2H]C([2H])([2H])c1nc(-c2[c-]cccc2)cc(C([2H])([2H])C(C)(C)C)c1[Si](C)(C)C.[Ir]. The van der Waals surface area contributed by atoms with Gasteiger partial charge in [0, 0.05) is 43.7 Å². The molecule has 0 bridgehead atoms. The Balaban J connectivity index is 0.000000197. The molecule has 0 atom stereocenters. The zero-order valence-corrected chi connectivity index (χ0v) is 36.8. The number of aromatic nitrogens is 4. The Morgan fingerprint density at radius 2 is 1.49 bits per heavy atom. The summed E-state index contributed by atoms with van der Waals surface area (Å²) in [6, 6.07) is 44.1. The number of fused-ring (bicyclic) bond motifs is 4. The van der Waals surface area contributed by atoms with Gasteiger partial charge in [-0.25, -0.2) is 13.8 Å². The maximum Gasteiger partial charge on any atom is 0.216 e. The summed E-state index contributed by atoms with van der Waals surface area (Å²) in [5.74, 6) is -0.681. The zero-order valence-electron chi connectivity index (χ0n) is 38.4. The van der Waals surface area contributed by atoms with Crippen LogP contribution in [-0.4, -0.2) is 27.6 Å². The number of hydrogen-bond donors (Lipinski definition) is 0. The number of nitrogens with zero attached hydrogens (tertiary/aromatic N) is 4. The van der Waals surface area contributed by atoms with Crippen LogP contribution in [0.25, 0.3) is 72.7 Å². The van der Waals surface area contributed by atoms with Crippen LogP contribution in [0.4, 0.5) is 8.78 Å². The first-order chi connectivity index (χ1) is 29.8. The van der Waals surface area contributed by atoms with Crippen LogP contribution in [0, 0.1) is 36.0 Å². The van der Waals surface area contributed by atoms with Crippen LogP contribution < -0.4 is 5.19 Å². The topological polar surface area (TPSA) is 56.7 Å². The maximum absolute atomic E-state index is 14.4. The normalized spacial score (nSPS) is 13.5. The van der Waals surface area contributed by atoms with Crippen LogP contribution in [0.3, 0.4) is 0 Å². The summed E-state index contributed by atoms with van der Waals surface area (Å²) in [5, 5.41) is 2.16. The number of hydrogen-bond acceptors (Lipinski definition) is 4. The van der Waals surface area contributed by atoms with Crippen molar-refractivity contribution in [2.75, 3.05) is 0 Å². The first-order valence-electron chi connectivity index (χ1n) is 21.5. The van der Waals surface area contributed by atoms with E-state index in [9.17, 15) is 8.78 Å². The fourth-order valence-electron chi connectivity index (χ4n) is 7.20. The molecule has 4 heterocycles. The van der Waals surface area contributed by atoms with Crippen molar-refractivity contribution < 1.29 is 40.2 Å². The largest absolute Gasteiger partial charge is 0.486 e. The van der Waals surface area contributed by atoms with E-state index in [0.717, 1.165) is 27.5 Å². The predicted octanol–water partition coefficient (Wildman–Crippen LogP) is 12.7. The second kappa shape index (κ2) is 16.6. The molecule has 5 aromatic carbocycles. The average Bonchev–Trinajstić information content (AvgIpc) is 3.81. The van der Waals surface area contributed by atoms with Crippen LogP contribution >= 0.6 is 0 Å². The van der Waals surface area contributed by atoms with Gasteiger partial charge < -0.3 is 14.0 Å². The van der Waals surface area contributed by atoms with Gasteiger partial charge in [0.05, 0.1) is 41.8 Å². The molecule has 9 heteroatoms. The third kappa shape index (κ3) is 8.46. The molecule has 0 aliphatic rings. The number of rotatable bonds is 6. The van der Waals surface area contributed by atoms with Crippen molar-refractivity contribution in [1.29, 1.82) is 0 Å². The summed E-state index contributed by atoms with van der Waals surface area (Å²) in [6.45, 7) is 9.21. The molecule has 9 rings (SSSR count). The number of halogens is 2. The number of furan rings is 1. The molecule has 0 unspecified atom stereocenters. The average molecular weight is 980 g/mol. The number of para-hydroxylation sites is 3. The molecule has 0 aliphatic heterocycles. The van der Waals surface area contributed by atoms with Crippen molar-refractivity contribution >= 4 is 46.4 Å². The first kappa shape index (κ1) is 35.4. The van der Waals surface area contributed by atoms with E-state index in [1.165, 1.54) is 18.2 Å². The smallest absolute Gasteiger partial charge is 0.216 e. The van der Waals surface area contributed by atoms with Crippen LogP contribution in [0.5, 0.6) is 0 Å². The molecular formula is C50H44F2IrN4OSi-2. The number of benzene rings is 5. The standard InChI is InChI=1S/C30H16F2N3O.C20H28NSi.Ir/c31-22-12-7-13-23(32)27(22)25-17-16-20-19-10-6-11-21(28(19)36-30(20)34-25)29-33-24-14-4-5-15-26(24)35(29)18-8-2-1-3-9-18;1-15-19(22(5,6)7)17(14-20(2,3)4)13-18(21-15)16-11-9-8-10-12-16;/h1-10,12-17H;8-11,13H,14H2,1-7H3;/q2*-1;/i;1D3,14D2;. The van der Waals surface area contributed by atoms with Crippen LogP contribution in [-0.2, 0) is 26.5 Å². The molecular weight excluding hydrogens is 931 g/mol. The van der Waals surface area contributed by atoms with Gasteiger partial charge in [-0.2, -0.15) is 0 Å². The Hall–Kier alpha value is -5.60. The maximum atomic E-state index is 14.4. The molecule has 59 heavy (non-hydrogen) atoms. The third-order valence-corrected chi connectivity index (χ3v) is 11.6. The number of imidazole rings is 1. The minimum Gasteiger partial charge on any atom is -0.486 e. The summed E-state index contributed by atoms with van der Waals surface area (Å²) in [6.07, 6.45) is -1.71. The molecule has 1 radical (unpaired) electrons. The summed E-state index contributed by atoms with van der Waals surface area (Å²) >= 11 is 0. The third-order valence-electron chi connectivity index (χ3n) is 9.58. The minimum atomic E-state index is -2.41. The number of pyridine rings is 2. The first-order valence-corrected chi connectivity index (χ1v) is 22.5. The Morgan fingerprint density at radius 1 is 0.763 bits per heavy atom. The molecule has 5 nitrogen and oxygen atoms in total. The molecule has 0 amide bonds. The molecule has 0 aliphatic carbocycles. The van der Waals surface area contributed by atoms with Crippen LogP contribution in [0.2, 0.25) is 19.6 Å². The molecule has 0 spiro atoms. The van der Waals surface area contributed by atoms with Crippen molar-refractivity contribution in [1.82, 2.24) is 19.5 Å². The van der Waals surface area contributed by atoms with Crippen molar-refractivity contribution in [2.24, 2.45) is 5.41 Å². The number of aryl methyl sites for hydroxylation is 1. The van der Waals surface area contributed by atoms with E-state index in [4.69, 9.17) is 16.3 Å². The van der Waals surface area contributed by atoms with E-state index >= 15 is 0 Å². The van der Waals surface area contributed by atoms with Gasteiger partial charge in [0.1, 0.15) is 11.6 Å². The van der Waals surface area contributed by atoms with E-state index in [1.54, 1.807) is 24.3 Å². The van der Waals surface area contributed by atoms with E-state index < -0.39 is 38.3 Å². The van der Waals surface area contributed by atoms with Crippen LogP contribution in [0.15, 0.2) is 132 Å². The fourth-order valence-corrected chi connectivity index (χ4v) is 8.91. The van der Waals surface area contributed by atoms with Crippen molar-refractivity contribution in [3.63, 3.8) is 0 Å². The molecule has 0 fully saturated rings. The minimum absolute atomic E-state index is 0. The second-order valence-corrected chi connectivity index (χ2v) is 21.1. The summed E-state index contributed by atoms with van der Waals surface area (Å²) in [4.78, 5) is 13.9. The van der Waals surface area contributed by atoms with Gasteiger partial charge in [0.2, 0.25) is 5.71 Å². The van der Waals surface area contributed by atoms with Crippen molar-refractivity contribution in [3.8, 4) is 39.6 Å². The van der Waals surface area contributed by atoms with E-state index in [2.05, 4.69) is 26.7 Å². The quantitative estimate of drug-likeness (QED) is 0.123. The predicted molar refractivity (Wildman–Crippen MR) is 235 cm³/mol. The summed E-state index contributed by atoms with van der Waals surface area (Å²) < 4.78 is 79.1. The monoisotopic (exact) mass is 980 g/mol.